The van der Waals surface area contributed by atoms with Crippen LogP contribution in [0, 0.1) is 0 Å². The highest BCUT2D eigenvalue weighted by Crippen LogP contribution is 2.31. The van der Waals surface area contributed by atoms with E-state index >= 15 is 0 Å². The summed E-state index contributed by atoms with van der Waals surface area (Å²) in [6, 6.07) is 27.9. The molecule has 0 radical (unpaired) electrons. The fourth-order valence-electron chi connectivity index (χ4n) is 3.72. The number of nitrogens with zero attached hydrogens (tertiary/aromatic N) is 4. The lowest BCUT2D eigenvalue weighted by atomic mass is 10.1. The van der Waals surface area contributed by atoms with Crippen LogP contribution in [0.2, 0.25) is 0 Å². The zero-order valence-electron chi connectivity index (χ0n) is 18.3. The normalized spacial score (nSPS) is 10.7. The van der Waals surface area contributed by atoms with Gasteiger partial charge in [0.1, 0.15) is 11.5 Å². The predicted octanol–water partition coefficient (Wildman–Crippen LogP) is 5.68. The first kappa shape index (κ1) is 20.5. The summed E-state index contributed by atoms with van der Waals surface area (Å²) in [6.45, 7) is 0. The summed E-state index contributed by atoms with van der Waals surface area (Å²) in [5.41, 5.74) is 5.01. The van der Waals surface area contributed by atoms with Crippen LogP contribution in [-0.4, -0.2) is 34.0 Å². The van der Waals surface area contributed by atoms with Gasteiger partial charge in [0, 0.05) is 29.2 Å². The largest absolute Gasteiger partial charge is 0.497 e. The minimum atomic E-state index is 0.748. The van der Waals surface area contributed by atoms with E-state index in [0.29, 0.717) is 0 Å². The Labute approximate surface area is 192 Å². The summed E-state index contributed by atoms with van der Waals surface area (Å²) in [5, 5.41) is 9.10. The molecule has 0 saturated carbocycles. The summed E-state index contributed by atoms with van der Waals surface area (Å²) in [6.07, 6.45) is 3.64. The van der Waals surface area contributed by atoms with E-state index in [-0.39, 0.29) is 0 Å². The minimum Gasteiger partial charge on any atom is -0.497 e. The lowest BCUT2D eigenvalue weighted by Crippen LogP contribution is -2.00. The Kier molecular flexibility index (Phi) is 5.55. The lowest BCUT2D eigenvalue weighted by Gasteiger charge is -2.12. The molecule has 6 heteroatoms. The van der Waals surface area contributed by atoms with Crippen LogP contribution in [0.25, 0.3) is 39.6 Å². The molecule has 0 saturated heterocycles. The topological polar surface area (TPSA) is 62.1 Å². The second-order valence-corrected chi connectivity index (χ2v) is 7.43. The Morgan fingerprint density at radius 1 is 0.576 bits per heavy atom. The van der Waals surface area contributed by atoms with Crippen LogP contribution >= 0.6 is 0 Å². The predicted molar refractivity (Wildman–Crippen MR) is 129 cm³/mol. The molecule has 162 valence electrons. The molecule has 0 spiro atoms. The zero-order valence-corrected chi connectivity index (χ0v) is 18.3. The Morgan fingerprint density at radius 2 is 1.09 bits per heavy atom. The summed E-state index contributed by atoms with van der Waals surface area (Å²) >= 11 is 0. The molecule has 0 amide bonds. The van der Waals surface area contributed by atoms with Gasteiger partial charge >= 0.3 is 0 Å². The SMILES string of the molecule is COc1ccc(-c2nnc(-c3ccc(OC)cc3)n2-c2ccc(-c3cccnc3)cc2)cc1. The highest BCUT2D eigenvalue weighted by atomic mass is 16.5. The van der Waals surface area contributed by atoms with Crippen molar-refractivity contribution in [3.63, 3.8) is 0 Å². The van der Waals surface area contributed by atoms with Crippen LogP contribution in [0.3, 0.4) is 0 Å². The van der Waals surface area contributed by atoms with Crippen molar-refractivity contribution in [3.8, 4) is 51.1 Å². The number of hydrogen-bond donors (Lipinski definition) is 0. The van der Waals surface area contributed by atoms with Gasteiger partial charge in [-0.2, -0.15) is 0 Å². The molecule has 3 aromatic carbocycles. The fraction of sp³-hybridized carbons (Fsp3) is 0.0741. The summed E-state index contributed by atoms with van der Waals surface area (Å²) < 4.78 is 12.7. The Morgan fingerprint density at radius 3 is 1.55 bits per heavy atom. The highest BCUT2D eigenvalue weighted by molar-refractivity contribution is 5.69. The van der Waals surface area contributed by atoms with E-state index in [1.807, 2.05) is 66.9 Å². The molecule has 0 bridgehead atoms. The van der Waals surface area contributed by atoms with Gasteiger partial charge in [0.25, 0.3) is 0 Å². The van der Waals surface area contributed by atoms with Gasteiger partial charge < -0.3 is 9.47 Å². The molecule has 2 aromatic heterocycles. The van der Waals surface area contributed by atoms with E-state index in [4.69, 9.17) is 9.47 Å². The van der Waals surface area contributed by atoms with Crippen LogP contribution in [0.5, 0.6) is 11.5 Å². The fourth-order valence-corrected chi connectivity index (χ4v) is 3.72. The average Bonchev–Trinajstić information content (AvgIpc) is 3.34. The molecule has 5 aromatic rings. The van der Waals surface area contributed by atoms with Crippen molar-refractivity contribution >= 4 is 0 Å². The van der Waals surface area contributed by atoms with E-state index in [1.54, 1.807) is 20.4 Å². The molecular formula is C27H22N4O2. The van der Waals surface area contributed by atoms with Crippen molar-refractivity contribution in [2.45, 2.75) is 0 Å². The number of hydrogen-bond acceptors (Lipinski definition) is 5. The number of pyridine rings is 1. The minimum absolute atomic E-state index is 0.748. The van der Waals surface area contributed by atoms with Crippen LogP contribution in [0.15, 0.2) is 97.3 Å². The Balaban J connectivity index is 1.63. The highest BCUT2D eigenvalue weighted by Gasteiger charge is 2.17. The monoisotopic (exact) mass is 434 g/mol. The number of aromatic nitrogens is 4. The molecular weight excluding hydrogens is 412 g/mol. The van der Waals surface area contributed by atoms with Crippen LogP contribution < -0.4 is 9.47 Å². The third kappa shape index (κ3) is 4.06. The quantitative estimate of drug-likeness (QED) is 0.344. The maximum Gasteiger partial charge on any atom is 0.168 e. The summed E-state index contributed by atoms with van der Waals surface area (Å²) in [7, 11) is 3.31. The molecule has 5 rings (SSSR count). The van der Waals surface area contributed by atoms with E-state index in [2.05, 4.69) is 44.0 Å². The van der Waals surface area contributed by atoms with Crippen molar-refractivity contribution in [2.24, 2.45) is 0 Å². The van der Waals surface area contributed by atoms with Gasteiger partial charge in [-0.3, -0.25) is 9.55 Å². The van der Waals surface area contributed by atoms with Crippen molar-refractivity contribution in [1.29, 1.82) is 0 Å². The maximum absolute atomic E-state index is 5.31. The molecule has 0 aliphatic carbocycles. The second-order valence-electron chi connectivity index (χ2n) is 7.43. The van der Waals surface area contributed by atoms with Gasteiger partial charge in [0.05, 0.1) is 14.2 Å². The van der Waals surface area contributed by atoms with Gasteiger partial charge in [-0.05, 0) is 77.9 Å². The number of benzene rings is 3. The number of ether oxygens (including phenoxy) is 2. The Bertz CT molecular complexity index is 1280. The van der Waals surface area contributed by atoms with Crippen LogP contribution in [0.1, 0.15) is 0 Å². The zero-order chi connectivity index (χ0) is 22.6. The van der Waals surface area contributed by atoms with Crippen molar-refractivity contribution in [1.82, 2.24) is 19.7 Å². The lowest BCUT2D eigenvalue weighted by molar-refractivity contribution is 0.415. The van der Waals surface area contributed by atoms with E-state index in [0.717, 1.165) is 51.1 Å². The van der Waals surface area contributed by atoms with E-state index in [1.165, 1.54) is 0 Å². The smallest absolute Gasteiger partial charge is 0.168 e. The molecule has 6 nitrogen and oxygen atoms in total. The molecule has 0 unspecified atom stereocenters. The van der Waals surface area contributed by atoms with E-state index < -0.39 is 0 Å². The second kappa shape index (κ2) is 8.96. The van der Waals surface area contributed by atoms with Gasteiger partial charge in [0.2, 0.25) is 0 Å². The number of methoxy groups -OCH3 is 2. The molecule has 2 heterocycles. The van der Waals surface area contributed by atoms with Crippen molar-refractivity contribution < 1.29 is 9.47 Å². The maximum atomic E-state index is 5.31. The van der Waals surface area contributed by atoms with Gasteiger partial charge in [0.15, 0.2) is 11.6 Å². The number of rotatable bonds is 6. The molecule has 0 aliphatic heterocycles. The first-order valence-electron chi connectivity index (χ1n) is 10.5. The standard InChI is InChI=1S/C27H22N4O2/c1-32-24-13-7-20(8-14-24)26-29-30-27(21-9-15-25(33-2)16-10-21)31(26)23-11-5-19(6-12-23)22-4-3-17-28-18-22/h3-18H,1-2H3. The van der Waals surface area contributed by atoms with Crippen LogP contribution in [0.4, 0.5) is 0 Å². The van der Waals surface area contributed by atoms with Crippen LogP contribution in [-0.2, 0) is 0 Å². The molecule has 33 heavy (non-hydrogen) atoms. The van der Waals surface area contributed by atoms with Gasteiger partial charge in [-0.15, -0.1) is 10.2 Å². The summed E-state index contributed by atoms with van der Waals surface area (Å²) in [4.78, 5) is 4.22. The van der Waals surface area contributed by atoms with Crippen molar-refractivity contribution in [3.05, 3.63) is 97.3 Å². The average molecular weight is 434 g/mol. The van der Waals surface area contributed by atoms with Gasteiger partial charge in [-0.1, -0.05) is 18.2 Å². The third-order valence-electron chi connectivity index (χ3n) is 5.48. The third-order valence-corrected chi connectivity index (χ3v) is 5.48. The summed E-state index contributed by atoms with van der Waals surface area (Å²) in [5.74, 6) is 3.08. The van der Waals surface area contributed by atoms with Gasteiger partial charge in [-0.25, -0.2) is 0 Å². The van der Waals surface area contributed by atoms with Crippen molar-refractivity contribution in [2.75, 3.05) is 14.2 Å². The molecule has 0 aliphatic rings. The Hall–Kier alpha value is -4.45. The molecule has 0 fully saturated rings. The first-order valence-corrected chi connectivity index (χ1v) is 10.5. The first-order chi connectivity index (χ1) is 16.3. The van der Waals surface area contributed by atoms with E-state index in [9.17, 15) is 0 Å². The molecule has 0 N–H and O–H groups in total. The molecule has 0 atom stereocenters.